The molecule has 18 heavy (non-hydrogen) atoms. The van der Waals surface area contributed by atoms with E-state index in [1.54, 1.807) is 11.0 Å². The SMILES string of the molecule is CC(C)N(CC(N)=O)c1ccc(CN)cc1C#N. The van der Waals surface area contributed by atoms with Crippen LogP contribution in [0.5, 0.6) is 0 Å². The van der Waals surface area contributed by atoms with Gasteiger partial charge in [0, 0.05) is 12.6 Å². The predicted molar refractivity (Wildman–Crippen MR) is 70.7 cm³/mol. The highest BCUT2D eigenvalue weighted by molar-refractivity contribution is 5.80. The van der Waals surface area contributed by atoms with Gasteiger partial charge in [0.2, 0.25) is 5.91 Å². The molecule has 0 atom stereocenters. The van der Waals surface area contributed by atoms with Gasteiger partial charge in [0.25, 0.3) is 0 Å². The van der Waals surface area contributed by atoms with Gasteiger partial charge in [-0.1, -0.05) is 6.07 Å². The zero-order valence-corrected chi connectivity index (χ0v) is 10.7. The molecule has 96 valence electrons. The molecule has 0 radical (unpaired) electrons. The average Bonchev–Trinajstić information content (AvgIpc) is 2.34. The molecule has 1 amide bonds. The molecule has 0 aliphatic heterocycles. The van der Waals surface area contributed by atoms with Crippen LogP contribution in [0.25, 0.3) is 0 Å². The van der Waals surface area contributed by atoms with Crippen LogP contribution in [0.4, 0.5) is 5.69 Å². The molecule has 1 rings (SSSR count). The van der Waals surface area contributed by atoms with E-state index in [2.05, 4.69) is 6.07 Å². The van der Waals surface area contributed by atoms with Crippen molar-refractivity contribution in [1.29, 1.82) is 5.26 Å². The summed E-state index contributed by atoms with van der Waals surface area (Å²) < 4.78 is 0. The monoisotopic (exact) mass is 246 g/mol. The number of benzene rings is 1. The fourth-order valence-corrected chi connectivity index (χ4v) is 1.76. The molecule has 0 unspecified atom stereocenters. The Labute approximate surface area is 107 Å². The van der Waals surface area contributed by atoms with Crippen LogP contribution >= 0.6 is 0 Å². The Morgan fingerprint density at radius 3 is 2.61 bits per heavy atom. The topological polar surface area (TPSA) is 96.1 Å². The van der Waals surface area contributed by atoms with E-state index in [9.17, 15) is 4.79 Å². The number of nitrogens with two attached hydrogens (primary N) is 2. The van der Waals surface area contributed by atoms with Gasteiger partial charge in [-0.15, -0.1) is 0 Å². The first-order valence-electron chi connectivity index (χ1n) is 5.77. The third-order valence-electron chi connectivity index (χ3n) is 2.68. The van der Waals surface area contributed by atoms with Crippen LogP contribution in [0.3, 0.4) is 0 Å². The number of nitriles is 1. The van der Waals surface area contributed by atoms with Crippen molar-refractivity contribution >= 4 is 11.6 Å². The Hall–Kier alpha value is -2.06. The normalized spacial score (nSPS) is 10.2. The van der Waals surface area contributed by atoms with Crippen molar-refractivity contribution in [3.8, 4) is 6.07 Å². The van der Waals surface area contributed by atoms with Gasteiger partial charge in [0.15, 0.2) is 0 Å². The van der Waals surface area contributed by atoms with Crippen molar-refractivity contribution in [3.63, 3.8) is 0 Å². The molecule has 0 saturated heterocycles. The van der Waals surface area contributed by atoms with Gasteiger partial charge in [-0.3, -0.25) is 4.79 Å². The van der Waals surface area contributed by atoms with Gasteiger partial charge in [-0.2, -0.15) is 5.26 Å². The lowest BCUT2D eigenvalue weighted by molar-refractivity contribution is -0.116. The maximum absolute atomic E-state index is 11.1. The lowest BCUT2D eigenvalue weighted by Crippen LogP contribution is -2.39. The molecule has 5 heteroatoms. The van der Waals surface area contributed by atoms with Gasteiger partial charge >= 0.3 is 0 Å². The number of amides is 1. The number of anilines is 1. The van der Waals surface area contributed by atoms with E-state index in [4.69, 9.17) is 16.7 Å². The lowest BCUT2D eigenvalue weighted by Gasteiger charge is -2.28. The quantitative estimate of drug-likeness (QED) is 0.800. The second-order valence-electron chi connectivity index (χ2n) is 4.36. The molecule has 0 saturated carbocycles. The molecular formula is C13H18N4O. The van der Waals surface area contributed by atoms with Gasteiger partial charge < -0.3 is 16.4 Å². The van der Waals surface area contributed by atoms with Crippen LogP contribution in [0.15, 0.2) is 18.2 Å². The van der Waals surface area contributed by atoms with Crippen LogP contribution in [0, 0.1) is 11.3 Å². The Morgan fingerprint density at radius 1 is 1.50 bits per heavy atom. The first kappa shape index (κ1) is 14.0. The number of nitrogens with zero attached hydrogens (tertiary/aromatic N) is 2. The molecular weight excluding hydrogens is 228 g/mol. The summed E-state index contributed by atoms with van der Waals surface area (Å²) in [5.74, 6) is -0.421. The summed E-state index contributed by atoms with van der Waals surface area (Å²) >= 11 is 0. The van der Waals surface area contributed by atoms with Gasteiger partial charge in [0.1, 0.15) is 6.07 Å². The van der Waals surface area contributed by atoms with E-state index < -0.39 is 5.91 Å². The lowest BCUT2D eigenvalue weighted by atomic mass is 10.1. The van der Waals surface area contributed by atoms with E-state index in [1.807, 2.05) is 26.0 Å². The number of hydrogen-bond donors (Lipinski definition) is 2. The van der Waals surface area contributed by atoms with Gasteiger partial charge in [0.05, 0.1) is 17.8 Å². The molecule has 0 heterocycles. The maximum Gasteiger partial charge on any atom is 0.236 e. The van der Waals surface area contributed by atoms with Crippen LogP contribution in [0.2, 0.25) is 0 Å². The second kappa shape index (κ2) is 6.03. The van der Waals surface area contributed by atoms with E-state index in [0.29, 0.717) is 17.8 Å². The molecule has 0 bridgehead atoms. The summed E-state index contributed by atoms with van der Waals surface area (Å²) in [6.45, 7) is 4.36. The van der Waals surface area contributed by atoms with E-state index >= 15 is 0 Å². The molecule has 0 fully saturated rings. The fraction of sp³-hybridized carbons (Fsp3) is 0.385. The Morgan fingerprint density at radius 2 is 2.17 bits per heavy atom. The summed E-state index contributed by atoms with van der Waals surface area (Å²) in [5, 5.41) is 9.17. The average molecular weight is 246 g/mol. The summed E-state index contributed by atoms with van der Waals surface area (Å²) in [6.07, 6.45) is 0. The third-order valence-corrected chi connectivity index (χ3v) is 2.68. The molecule has 0 spiro atoms. The van der Waals surface area contributed by atoms with Crippen LogP contribution < -0.4 is 16.4 Å². The Kier molecular flexibility index (Phi) is 4.69. The molecule has 1 aromatic rings. The molecule has 4 N–H and O–H groups in total. The third kappa shape index (κ3) is 3.22. The summed E-state index contributed by atoms with van der Waals surface area (Å²) in [7, 11) is 0. The largest absolute Gasteiger partial charge is 0.368 e. The van der Waals surface area contributed by atoms with Crippen molar-refractivity contribution in [2.45, 2.75) is 26.4 Å². The van der Waals surface area contributed by atoms with E-state index in [-0.39, 0.29) is 12.6 Å². The highest BCUT2D eigenvalue weighted by atomic mass is 16.1. The predicted octanol–water partition coefficient (Wildman–Crippen LogP) is 0.717. The summed E-state index contributed by atoms with van der Waals surface area (Å²) in [6, 6.07) is 7.61. The first-order chi connectivity index (χ1) is 8.49. The molecule has 0 aliphatic carbocycles. The highest BCUT2D eigenvalue weighted by Gasteiger charge is 2.16. The number of carbonyl (C=O) groups is 1. The molecule has 0 aromatic heterocycles. The maximum atomic E-state index is 11.1. The summed E-state index contributed by atoms with van der Waals surface area (Å²) in [5.41, 5.74) is 12.9. The van der Waals surface area contributed by atoms with Crippen LogP contribution in [-0.4, -0.2) is 18.5 Å². The number of rotatable bonds is 5. The number of carbonyl (C=O) groups excluding carboxylic acids is 1. The minimum Gasteiger partial charge on any atom is -0.368 e. The van der Waals surface area contributed by atoms with Gasteiger partial charge in [-0.05, 0) is 31.5 Å². The smallest absolute Gasteiger partial charge is 0.236 e. The van der Waals surface area contributed by atoms with E-state index in [0.717, 1.165) is 5.56 Å². The van der Waals surface area contributed by atoms with Crippen molar-refractivity contribution < 1.29 is 4.79 Å². The second-order valence-corrected chi connectivity index (χ2v) is 4.36. The first-order valence-corrected chi connectivity index (χ1v) is 5.77. The molecule has 5 nitrogen and oxygen atoms in total. The van der Waals surface area contributed by atoms with Crippen molar-refractivity contribution in [2.75, 3.05) is 11.4 Å². The van der Waals surface area contributed by atoms with Crippen LogP contribution in [0.1, 0.15) is 25.0 Å². The Bertz CT molecular complexity index is 476. The molecule has 0 aliphatic rings. The van der Waals surface area contributed by atoms with Crippen LogP contribution in [-0.2, 0) is 11.3 Å². The van der Waals surface area contributed by atoms with E-state index in [1.165, 1.54) is 0 Å². The standard InChI is InChI=1S/C13H18N4O/c1-9(2)17(8-13(16)18)12-4-3-10(6-14)5-11(12)7-15/h3-5,9H,6,8,14H2,1-2H3,(H2,16,18). The van der Waals surface area contributed by atoms with Gasteiger partial charge in [-0.25, -0.2) is 0 Å². The highest BCUT2D eigenvalue weighted by Crippen LogP contribution is 2.23. The van der Waals surface area contributed by atoms with Crippen molar-refractivity contribution in [3.05, 3.63) is 29.3 Å². The summed E-state index contributed by atoms with van der Waals surface area (Å²) in [4.78, 5) is 12.9. The zero-order chi connectivity index (χ0) is 13.7. The van der Waals surface area contributed by atoms with Crippen molar-refractivity contribution in [2.24, 2.45) is 11.5 Å². The minimum absolute atomic E-state index is 0.0772. The minimum atomic E-state index is -0.421. The zero-order valence-electron chi connectivity index (χ0n) is 10.7. The number of hydrogen-bond acceptors (Lipinski definition) is 4. The molecule has 1 aromatic carbocycles. The number of primary amides is 1. The van der Waals surface area contributed by atoms with Crippen molar-refractivity contribution in [1.82, 2.24) is 0 Å². The Balaban J connectivity index is 3.20. The fourth-order valence-electron chi connectivity index (χ4n) is 1.76.